The van der Waals surface area contributed by atoms with E-state index in [4.69, 9.17) is 8.83 Å². The third-order valence-electron chi connectivity index (χ3n) is 9.21. The van der Waals surface area contributed by atoms with E-state index in [1.54, 1.807) is 13.8 Å². The largest absolute Gasteiger partial charge is 0.422 e. The molecule has 41 heavy (non-hydrogen) atoms. The maximum absolute atomic E-state index is 14.1. The molecule has 4 aromatic rings. The number of aryl methyl sites for hydroxylation is 1. The van der Waals surface area contributed by atoms with Crippen LogP contribution in [0, 0.1) is 24.5 Å². The normalized spacial score (nSPS) is 18.0. The van der Waals surface area contributed by atoms with E-state index in [9.17, 15) is 23.2 Å². The van der Waals surface area contributed by atoms with Crippen molar-refractivity contribution in [3.8, 4) is 0 Å². The van der Waals surface area contributed by atoms with Gasteiger partial charge in [-0.1, -0.05) is 34.6 Å². The molecule has 8 heteroatoms. The van der Waals surface area contributed by atoms with Crippen LogP contribution >= 0.6 is 0 Å². The average Bonchev–Trinajstić information content (AvgIpc) is 2.88. The number of Topliss-reactive ketones (excluding diaryl/α,β-unsaturated/α-hetero) is 1. The molecular weight excluding hydrogens is 528 g/mol. The van der Waals surface area contributed by atoms with Gasteiger partial charge in [0.15, 0.2) is 17.2 Å². The fourth-order valence-electron chi connectivity index (χ4n) is 6.66. The van der Waals surface area contributed by atoms with E-state index in [0.717, 1.165) is 48.6 Å². The highest BCUT2D eigenvalue weighted by atomic mass is 19.1. The van der Waals surface area contributed by atoms with E-state index < -0.39 is 34.6 Å². The number of nitrogens with zero attached hydrogens (tertiary/aromatic N) is 1. The molecule has 1 unspecified atom stereocenters. The van der Waals surface area contributed by atoms with Crippen LogP contribution < -0.4 is 16.2 Å². The lowest BCUT2D eigenvalue weighted by Crippen LogP contribution is -2.45. The average molecular weight is 562 g/mol. The van der Waals surface area contributed by atoms with Crippen LogP contribution in [0.25, 0.3) is 21.9 Å². The number of rotatable bonds is 4. The highest BCUT2D eigenvalue weighted by molar-refractivity contribution is 6.03. The summed E-state index contributed by atoms with van der Waals surface area (Å²) in [5, 5.41) is 0.825. The van der Waals surface area contributed by atoms with Crippen molar-refractivity contribution in [1.82, 2.24) is 0 Å². The smallest absolute Gasteiger partial charge is 0.347 e. The Labute approximate surface area is 235 Å². The lowest BCUT2D eigenvalue weighted by molar-refractivity contribution is 0.0924. The monoisotopic (exact) mass is 561 g/mol. The van der Waals surface area contributed by atoms with Gasteiger partial charge in [-0.2, -0.15) is 0 Å². The number of benzene rings is 2. The molecule has 4 heterocycles. The topological polar surface area (TPSA) is 80.7 Å². The lowest BCUT2D eigenvalue weighted by Gasteiger charge is -2.48. The summed E-state index contributed by atoms with van der Waals surface area (Å²) in [5.41, 5.74) is 2.30. The summed E-state index contributed by atoms with van der Waals surface area (Å²) < 4.78 is 39.0. The Morgan fingerprint density at radius 3 is 2.32 bits per heavy atom. The van der Waals surface area contributed by atoms with Crippen LogP contribution in [0.1, 0.15) is 80.1 Å². The van der Waals surface area contributed by atoms with Crippen LogP contribution in [0.5, 0.6) is 0 Å². The number of ketones is 1. The SMILES string of the molecule is Cc1c(C(=O)C(C)Cc2cc3cc(F)cc(F)c3oc2=O)c(=O)oc2c3c4c(cc12)C(C)(C)CCN4CCC3(C)C. The van der Waals surface area contributed by atoms with Gasteiger partial charge in [0.1, 0.15) is 17.0 Å². The van der Waals surface area contributed by atoms with Crippen molar-refractivity contribution in [2.24, 2.45) is 5.92 Å². The van der Waals surface area contributed by atoms with Crippen molar-refractivity contribution in [2.75, 3.05) is 18.0 Å². The standard InChI is InChI=1S/C33H33F2NO5/c1-16(11-19-12-18-13-20(34)14-23(35)28(18)40-30(19)38)27(37)24-17(2)21-15-22-26-25(29(21)41-31(24)39)33(5,6)8-10-36(26)9-7-32(22,3)4/h12-16H,7-11H2,1-6H3. The van der Waals surface area contributed by atoms with E-state index >= 15 is 0 Å². The van der Waals surface area contributed by atoms with Crippen molar-refractivity contribution in [3.63, 3.8) is 0 Å². The Bertz CT molecular complexity index is 1900. The molecule has 1 atom stereocenters. The molecule has 2 aliphatic rings. The minimum atomic E-state index is -0.979. The maximum Gasteiger partial charge on any atom is 0.347 e. The minimum absolute atomic E-state index is 0.0431. The van der Waals surface area contributed by atoms with Crippen LogP contribution in [-0.2, 0) is 17.3 Å². The van der Waals surface area contributed by atoms with Gasteiger partial charge in [-0.15, -0.1) is 0 Å². The van der Waals surface area contributed by atoms with Gasteiger partial charge in [0.05, 0.1) is 0 Å². The first-order chi connectivity index (χ1) is 19.2. The van der Waals surface area contributed by atoms with Gasteiger partial charge in [0, 0.05) is 52.7 Å². The molecule has 6 nitrogen and oxygen atoms in total. The number of halogens is 2. The number of carbonyl (C=O) groups excluding carboxylic acids is 1. The highest BCUT2D eigenvalue weighted by Crippen LogP contribution is 2.52. The van der Waals surface area contributed by atoms with E-state index in [1.807, 2.05) is 0 Å². The Hall–Kier alpha value is -3.81. The number of anilines is 1. The van der Waals surface area contributed by atoms with Crippen molar-refractivity contribution >= 4 is 33.4 Å². The van der Waals surface area contributed by atoms with E-state index in [1.165, 1.54) is 11.6 Å². The van der Waals surface area contributed by atoms with Gasteiger partial charge < -0.3 is 13.7 Å². The number of hydrogen-bond donors (Lipinski definition) is 0. The van der Waals surface area contributed by atoms with Gasteiger partial charge in [-0.25, -0.2) is 18.4 Å². The Morgan fingerprint density at radius 1 is 0.951 bits per heavy atom. The van der Waals surface area contributed by atoms with E-state index in [-0.39, 0.29) is 39.3 Å². The van der Waals surface area contributed by atoms with Crippen molar-refractivity contribution in [1.29, 1.82) is 0 Å². The third kappa shape index (κ3) is 4.21. The molecule has 2 aromatic heterocycles. The molecular formula is C33H33F2NO5. The molecule has 214 valence electrons. The Balaban J connectivity index is 1.47. The molecule has 0 amide bonds. The molecule has 0 radical (unpaired) electrons. The van der Waals surface area contributed by atoms with Crippen LogP contribution in [-0.4, -0.2) is 18.9 Å². The fraction of sp³-hybridized carbons (Fsp3) is 0.424. The van der Waals surface area contributed by atoms with Crippen molar-refractivity contribution < 1.29 is 22.4 Å². The maximum atomic E-state index is 14.1. The zero-order chi connectivity index (χ0) is 29.6. The molecule has 2 aliphatic heterocycles. The van der Waals surface area contributed by atoms with Crippen molar-refractivity contribution in [2.45, 2.75) is 71.6 Å². The fourth-order valence-corrected chi connectivity index (χ4v) is 6.66. The lowest BCUT2D eigenvalue weighted by atomic mass is 9.69. The zero-order valence-corrected chi connectivity index (χ0v) is 24.2. The molecule has 0 spiro atoms. The Kier molecular flexibility index (Phi) is 6.07. The van der Waals surface area contributed by atoms with Crippen molar-refractivity contribution in [3.05, 3.63) is 84.6 Å². The molecule has 0 saturated carbocycles. The predicted molar refractivity (Wildman–Crippen MR) is 154 cm³/mol. The van der Waals surface area contributed by atoms with Crippen LogP contribution in [0.2, 0.25) is 0 Å². The first-order valence-electron chi connectivity index (χ1n) is 14.1. The second kappa shape index (κ2) is 9.10. The second-order valence-electron chi connectivity index (χ2n) is 13.0. The summed E-state index contributed by atoms with van der Waals surface area (Å²) in [6.07, 6.45) is 1.84. The minimum Gasteiger partial charge on any atom is -0.422 e. The molecule has 0 fully saturated rings. The Morgan fingerprint density at radius 2 is 1.61 bits per heavy atom. The molecule has 2 aromatic carbocycles. The van der Waals surface area contributed by atoms with Crippen LogP contribution in [0.4, 0.5) is 14.5 Å². The van der Waals surface area contributed by atoms with Crippen LogP contribution in [0.15, 0.2) is 42.7 Å². The summed E-state index contributed by atoms with van der Waals surface area (Å²) in [6, 6.07) is 5.13. The predicted octanol–water partition coefficient (Wildman–Crippen LogP) is 6.72. The summed E-state index contributed by atoms with van der Waals surface area (Å²) in [6.45, 7) is 14.1. The third-order valence-corrected chi connectivity index (χ3v) is 9.21. The molecule has 0 aliphatic carbocycles. The summed E-state index contributed by atoms with van der Waals surface area (Å²) in [4.78, 5) is 42.2. The van der Waals surface area contributed by atoms with Gasteiger partial charge in [0.25, 0.3) is 0 Å². The molecule has 0 N–H and O–H groups in total. The molecule has 0 bridgehead atoms. The van der Waals surface area contributed by atoms with Gasteiger partial charge >= 0.3 is 11.3 Å². The first-order valence-corrected chi connectivity index (χ1v) is 14.1. The van der Waals surface area contributed by atoms with E-state index in [0.29, 0.717) is 17.2 Å². The molecule has 6 rings (SSSR count). The zero-order valence-electron chi connectivity index (χ0n) is 24.2. The summed E-state index contributed by atoms with van der Waals surface area (Å²) in [5.74, 6) is -3.05. The van der Waals surface area contributed by atoms with E-state index in [2.05, 4.69) is 38.7 Å². The second-order valence-corrected chi connectivity index (χ2v) is 13.0. The summed E-state index contributed by atoms with van der Waals surface area (Å²) >= 11 is 0. The highest BCUT2D eigenvalue weighted by Gasteiger charge is 2.42. The van der Waals surface area contributed by atoms with Gasteiger partial charge in [-0.05, 0) is 66.3 Å². The number of fused-ring (bicyclic) bond motifs is 3. The number of hydrogen-bond acceptors (Lipinski definition) is 6. The van der Waals surface area contributed by atoms with Gasteiger partial charge in [-0.3, -0.25) is 4.79 Å². The number of carbonyl (C=O) groups is 1. The first kappa shape index (κ1) is 27.4. The molecule has 0 saturated heterocycles. The quantitative estimate of drug-likeness (QED) is 0.203. The summed E-state index contributed by atoms with van der Waals surface area (Å²) in [7, 11) is 0. The van der Waals surface area contributed by atoms with Crippen LogP contribution in [0.3, 0.4) is 0 Å². The van der Waals surface area contributed by atoms with Gasteiger partial charge in [0.2, 0.25) is 0 Å².